The molecule has 0 spiro atoms. The molecular weight excluding hydrogens is 995 g/mol. The van der Waals surface area contributed by atoms with Crippen LogP contribution in [0.15, 0.2) is 41.2 Å². The minimum atomic E-state index is -1.46. The summed E-state index contributed by atoms with van der Waals surface area (Å²) in [6.45, 7) is 5.37. The van der Waals surface area contributed by atoms with Crippen LogP contribution in [0.25, 0.3) is 11.0 Å². The van der Waals surface area contributed by atoms with Crippen molar-refractivity contribution >= 4 is 64.6 Å². The van der Waals surface area contributed by atoms with Gasteiger partial charge in [0.25, 0.3) is 0 Å². The zero-order chi connectivity index (χ0) is 55.2. The lowest BCUT2D eigenvalue weighted by Crippen LogP contribution is -2.62. The van der Waals surface area contributed by atoms with Crippen molar-refractivity contribution in [2.45, 2.75) is 146 Å². The van der Waals surface area contributed by atoms with Crippen molar-refractivity contribution in [1.82, 2.24) is 45.1 Å². The van der Waals surface area contributed by atoms with Gasteiger partial charge in [-0.1, -0.05) is 12.1 Å². The lowest BCUT2D eigenvalue weighted by Gasteiger charge is -2.38. The van der Waals surface area contributed by atoms with Crippen molar-refractivity contribution < 1.29 is 61.4 Å². The van der Waals surface area contributed by atoms with Crippen LogP contribution in [0.1, 0.15) is 109 Å². The summed E-state index contributed by atoms with van der Waals surface area (Å²) in [6.07, 6.45) is 2.07. The van der Waals surface area contributed by atoms with Gasteiger partial charge in [0.1, 0.15) is 35.8 Å². The number of nitrogens with one attached hydrogen (secondary N) is 4. The van der Waals surface area contributed by atoms with E-state index in [2.05, 4.69) is 21.3 Å². The number of benzene rings is 2. The average Bonchev–Trinajstić information content (AvgIpc) is 3.91. The van der Waals surface area contributed by atoms with Gasteiger partial charge in [-0.2, -0.15) is 0 Å². The van der Waals surface area contributed by atoms with Crippen LogP contribution in [-0.4, -0.2) is 146 Å². The van der Waals surface area contributed by atoms with Crippen LogP contribution in [0.5, 0.6) is 0 Å². The van der Waals surface area contributed by atoms with Crippen molar-refractivity contribution in [2.75, 3.05) is 33.3 Å². The standard InChI is InChI=1S/C52H68F2N10O12/c1-52(2,3)76-49(72)58-37-28-62(51(74)75-5)24-21-32-11-15-39(63(32)48(37)71)45(68)56-35(13-17-42(55)65)44(67)57-36(26-31-9-12-33(53)34(54)25-31)47(70)61-22-19-29(20-23-61)7-6-8-30-10-14-38-41(27-30)60(4)50(73)64(38)40-16-18-43(66)59-46(40)69/h9-10,12,14,25,27,29,32,35-37,39-40H,6-8,11,13,15-24,26,28H2,1-5H3,(H2,55,65)(H,56,68)(H,57,67)(H,58,72)(H,59,66,69)/t32-,35+,36+,37+,39+,40?/m1/s1. The molecule has 3 aromatic rings. The Balaban J connectivity index is 1.01. The van der Waals surface area contributed by atoms with E-state index < -0.39 is 101 Å². The number of nitrogens with zero attached hydrogens (tertiary/aromatic N) is 5. The molecule has 0 aliphatic carbocycles. The number of piperidine rings is 2. The summed E-state index contributed by atoms with van der Waals surface area (Å²) < 4.78 is 41.9. The average molecular weight is 1060 g/mol. The molecule has 24 heteroatoms. The fraction of sp³-hybridized carbons (Fsp3) is 0.577. The highest BCUT2D eigenvalue weighted by atomic mass is 19.2. The lowest BCUT2D eigenvalue weighted by molar-refractivity contribution is -0.144. The maximum atomic E-state index is 14.5. The number of imide groups is 1. The van der Waals surface area contributed by atoms with Crippen LogP contribution in [0.3, 0.4) is 0 Å². The molecule has 0 bridgehead atoms. The van der Waals surface area contributed by atoms with E-state index in [4.69, 9.17) is 15.2 Å². The summed E-state index contributed by atoms with van der Waals surface area (Å²) in [4.78, 5) is 137. The molecule has 0 saturated carbocycles. The summed E-state index contributed by atoms with van der Waals surface area (Å²) in [5, 5.41) is 10.2. The fourth-order valence-corrected chi connectivity index (χ4v) is 10.7. The number of ether oxygens (including phenoxy) is 2. The van der Waals surface area contributed by atoms with Crippen molar-refractivity contribution in [3.8, 4) is 0 Å². The summed E-state index contributed by atoms with van der Waals surface area (Å²) in [5.41, 5.74) is 6.66. The number of carbonyl (C=O) groups is 9. The minimum absolute atomic E-state index is 0.118. The molecule has 412 valence electrons. The fourth-order valence-electron chi connectivity index (χ4n) is 10.7. The number of amides is 9. The van der Waals surface area contributed by atoms with Gasteiger partial charge in [0.05, 0.1) is 24.7 Å². The first kappa shape index (κ1) is 56.3. The number of hydrogen-bond acceptors (Lipinski definition) is 12. The first-order valence-corrected chi connectivity index (χ1v) is 25.8. The Morgan fingerprint density at radius 2 is 1.55 bits per heavy atom. The predicted molar refractivity (Wildman–Crippen MR) is 269 cm³/mol. The SMILES string of the molecule is COC(=O)N1CC[C@H]2CC[C@@H](C(=O)N[C@@H](CCC(N)=O)C(=O)N[C@@H](Cc3ccc(F)c(F)c3)C(=O)N3CCC(CCCc4ccc5c(c4)n(C)c(=O)n5C4CCC(=O)NC4=O)CC3)N2C(=O)[C@@H](NC(=O)OC(C)(C)C)C1. The molecule has 9 amide bonds. The Morgan fingerprint density at radius 1 is 0.842 bits per heavy atom. The van der Waals surface area contributed by atoms with Gasteiger partial charge in [0.15, 0.2) is 11.6 Å². The topological polar surface area (TPSA) is 283 Å². The minimum Gasteiger partial charge on any atom is -0.453 e. The zero-order valence-electron chi connectivity index (χ0n) is 43.5. The molecule has 1 unspecified atom stereocenters. The highest BCUT2D eigenvalue weighted by molar-refractivity contribution is 6.00. The summed E-state index contributed by atoms with van der Waals surface area (Å²) in [6, 6.07) is 2.13. The number of hydrogen-bond donors (Lipinski definition) is 5. The van der Waals surface area contributed by atoms with Gasteiger partial charge in [-0.25, -0.2) is 23.2 Å². The molecule has 22 nitrogen and oxygen atoms in total. The Hall–Kier alpha value is -7.40. The van der Waals surface area contributed by atoms with Gasteiger partial charge in [-0.05, 0) is 126 Å². The molecule has 76 heavy (non-hydrogen) atoms. The zero-order valence-corrected chi connectivity index (χ0v) is 43.5. The number of rotatable bonds is 16. The van der Waals surface area contributed by atoms with E-state index in [1.54, 1.807) is 32.7 Å². The van der Waals surface area contributed by atoms with Crippen molar-refractivity contribution in [3.63, 3.8) is 0 Å². The third kappa shape index (κ3) is 13.5. The van der Waals surface area contributed by atoms with Gasteiger partial charge in [-0.3, -0.25) is 48.0 Å². The van der Waals surface area contributed by atoms with Crippen molar-refractivity contribution in [3.05, 3.63) is 69.6 Å². The van der Waals surface area contributed by atoms with E-state index in [1.165, 1.54) is 32.1 Å². The van der Waals surface area contributed by atoms with E-state index in [1.807, 2.05) is 18.2 Å². The maximum Gasteiger partial charge on any atom is 0.409 e. The number of aryl methyl sites for hydroxylation is 2. The van der Waals surface area contributed by atoms with Crippen LogP contribution in [0.4, 0.5) is 18.4 Å². The Kier molecular flexibility index (Phi) is 17.8. The molecule has 4 fully saturated rings. The van der Waals surface area contributed by atoms with Crippen LogP contribution < -0.4 is 32.7 Å². The lowest BCUT2D eigenvalue weighted by atomic mass is 9.90. The van der Waals surface area contributed by atoms with Gasteiger partial charge in [0, 0.05) is 52.0 Å². The number of nitrogens with two attached hydrogens (primary N) is 1. The normalized spacial score (nSPS) is 21.2. The molecular formula is C52H68F2N10O12. The van der Waals surface area contributed by atoms with Crippen LogP contribution >= 0.6 is 0 Å². The Bertz CT molecular complexity index is 2800. The highest BCUT2D eigenvalue weighted by Gasteiger charge is 2.47. The van der Waals surface area contributed by atoms with Gasteiger partial charge < -0.3 is 45.9 Å². The number of halogens is 2. The third-order valence-corrected chi connectivity index (χ3v) is 14.6. The highest BCUT2D eigenvalue weighted by Crippen LogP contribution is 2.31. The summed E-state index contributed by atoms with van der Waals surface area (Å²) in [5.74, 6) is -6.52. The maximum absolute atomic E-state index is 14.5. The van der Waals surface area contributed by atoms with E-state index in [-0.39, 0.29) is 81.1 Å². The second-order valence-electron chi connectivity index (χ2n) is 21.1. The van der Waals surface area contributed by atoms with E-state index >= 15 is 0 Å². The molecule has 4 aliphatic rings. The molecule has 7 rings (SSSR count). The molecule has 5 heterocycles. The summed E-state index contributed by atoms with van der Waals surface area (Å²) >= 11 is 0. The first-order chi connectivity index (χ1) is 36.0. The number of carbonyl (C=O) groups excluding carboxylic acids is 9. The van der Waals surface area contributed by atoms with Crippen LogP contribution in [-0.2, 0) is 62.9 Å². The second kappa shape index (κ2) is 24.1. The number of likely N-dealkylation sites (tertiary alicyclic amines) is 1. The number of imidazole rings is 1. The van der Waals surface area contributed by atoms with Crippen molar-refractivity contribution in [1.29, 1.82) is 0 Å². The predicted octanol–water partition coefficient (Wildman–Crippen LogP) is 2.36. The molecule has 6 N–H and O–H groups in total. The van der Waals surface area contributed by atoms with Crippen LogP contribution in [0, 0.1) is 17.6 Å². The van der Waals surface area contributed by atoms with E-state index in [9.17, 15) is 56.7 Å². The third-order valence-electron chi connectivity index (χ3n) is 14.6. The monoisotopic (exact) mass is 1060 g/mol. The molecule has 2 aromatic carbocycles. The van der Waals surface area contributed by atoms with Gasteiger partial charge in [0.2, 0.25) is 41.4 Å². The van der Waals surface area contributed by atoms with E-state index in [0.717, 1.165) is 30.5 Å². The quantitative estimate of drug-likeness (QED) is 0.129. The summed E-state index contributed by atoms with van der Waals surface area (Å²) in [7, 11) is 2.83. The Morgan fingerprint density at radius 3 is 2.22 bits per heavy atom. The number of primary amides is 1. The number of aromatic nitrogens is 2. The van der Waals surface area contributed by atoms with Gasteiger partial charge in [-0.15, -0.1) is 0 Å². The molecule has 0 radical (unpaired) electrons. The molecule has 4 aliphatic heterocycles. The smallest absolute Gasteiger partial charge is 0.409 e. The molecule has 6 atom stereocenters. The Labute approximate surface area is 437 Å². The number of methoxy groups -OCH3 is 1. The molecule has 4 saturated heterocycles. The van der Waals surface area contributed by atoms with E-state index in [0.29, 0.717) is 49.8 Å². The molecule has 1 aromatic heterocycles. The van der Waals surface area contributed by atoms with Crippen molar-refractivity contribution in [2.24, 2.45) is 18.7 Å². The van der Waals surface area contributed by atoms with Crippen LogP contribution in [0.2, 0.25) is 0 Å². The first-order valence-electron chi connectivity index (χ1n) is 25.8. The number of alkyl carbamates (subject to hydrolysis) is 1. The van der Waals surface area contributed by atoms with Gasteiger partial charge >= 0.3 is 17.9 Å². The number of fused-ring (bicyclic) bond motifs is 2. The second-order valence-corrected chi connectivity index (χ2v) is 21.1. The largest absolute Gasteiger partial charge is 0.453 e.